The van der Waals surface area contributed by atoms with Crippen molar-refractivity contribution >= 4 is 54.2 Å². The van der Waals surface area contributed by atoms with Crippen molar-refractivity contribution < 1.29 is 9.84 Å². The maximum Gasteiger partial charge on any atom is 0.184 e. The maximum atomic E-state index is 10.1. The molecule has 0 aliphatic heterocycles. The fourth-order valence-corrected chi connectivity index (χ4v) is 4.45. The van der Waals surface area contributed by atoms with Crippen LogP contribution in [0.1, 0.15) is 25.7 Å². The minimum atomic E-state index is -0.300. The van der Waals surface area contributed by atoms with Crippen molar-refractivity contribution in [1.82, 2.24) is 9.97 Å². The first-order valence-electron chi connectivity index (χ1n) is 8.42. The van der Waals surface area contributed by atoms with Crippen LogP contribution in [0.3, 0.4) is 0 Å². The summed E-state index contributed by atoms with van der Waals surface area (Å²) in [6.07, 6.45) is 5.35. The number of hydrogen-bond acceptors (Lipinski definition) is 6. The number of nitrogens with zero attached hydrogens (tertiary/aromatic N) is 2. The summed E-state index contributed by atoms with van der Waals surface area (Å²) in [6, 6.07) is 7.63. The number of benzene rings is 1. The Hall–Kier alpha value is -1.41. The first-order valence-corrected chi connectivity index (χ1v) is 10.4. The lowest BCUT2D eigenvalue weighted by Gasteiger charge is -2.27. The zero-order valence-corrected chi connectivity index (χ0v) is 16.9. The van der Waals surface area contributed by atoms with Gasteiger partial charge in [-0.15, -0.1) is 0 Å². The Morgan fingerprint density at radius 2 is 2.08 bits per heavy atom. The van der Waals surface area contributed by atoms with Crippen LogP contribution < -0.4 is 10.1 Å². The lowest BCUT2D eigenvalue weighted by molar-refractivity contribution is 0.116. The molecule has 2 atom stereocenters. The monoisotopic (exact) mass is 453 g/mol. The highest BCUT2D eigenvalue weighted by Gasteiger charge is 2.23. The summed E-state index contributed by atoms with van der Waals surface area (Å²) in [4.78, 5) is 8.68. The summed E-state index contributed by atoms with van der Waals surface area (Å²) >= 11 is 10.8. The van der Waals surface area contributed by atoms with E-state index in [1.807, 2.05) is 18.2 Å². The summed E-state index contributed by atoms with van der Waals surface area (Å²) in [5.74, 6) is 1.32. The minimum absolute atomic E-state index is 0.0810. The van der Waals surface area contributed by atoms with Crippen molar-refractivity contribution in [1.29, 1.82) is 0 Å². The van der Waals surface area contributed by atoms with E-state index in [-0.39, 0.29) is 12.1 Å². The molecule has 1 aliphatic rings. The highest BCUT2D eigenvalue weighted by molar-refractivity contribution is 9.10. The lowest BCUT2D eigenvalue weighted by Crippen LogP contribution is -2.36. The number of thiazole rings is 1. The lowest BCUT2D eigenvalue weighted by atomic mass is 9.93. The molecule has 0 saturated heterocycles. The highest BCUT2D eigenvalue weighted by atomic mass is 79.9. The summed E-state index contributed by atoms with van der Waals surface area (Å²) in [5, 5.41) is 14.8. The van der Waals surface area contributed by atoms with E-state index in [0.29, 0.717) is 21.1 Å². The maximum absolute atomic E-state index is 10.1. The molecule has 0 amide bonds. The van der Waals surface area contributed by atoms with Crippen molar-refractivity contribution in [2.45, 2.75) is 37.8 Å². The van der Waals surface area contributed by atoms with Gasteiger partial charge in [-0.25, -0.2) is 9.97 Å². The smallest absolute Gasteiger partial charge is 0.184 e. The van der Waals surface area contributed by atoms with Crippen LogP contribution in [0.5, 0.6) is 11.5 Å². The number of rotatable bonds is 4. The number of ether oxygens (including phenoxy) is 1. The predicted octanol–water partition coefficient (Wildman–Crippen LogP) is 5.61. The van der Waals surface area contributed by atoms with Crippen molar-refractivity contribution in [2.24, 2.45) is 0 Å². The number of nitrogens with one attached hydrogen (secondary N) is 1. The molecule has 2 N–H and O–H groups in total. The quantitative estimate of drug-likeness (QED) is 0.501. The van der Waals surface area contributed by atoms with Crippen molar-refractivity contribution in [3.63, 3.8) is 0 Å². The molecule has 1 aliphatic carbocycles. The summed E-state index contributed by atoms with van der Waals surface area (Å²) in [6.45, 7) is 0. The van der Waals surface area contributed by atoms with E-state index in [0.717, 1.165) is 41.0 Å². The second kappa shape index (κ2) is 7.68. The number of fused-ring (bicyclic) bond motifs is 1. The van der Waals surface area contributed by atoms with Gasteiger partial charge in [-0.3, -0.25) is 0 Å². The molecule has 0 spiro atoms. The molecule has 4 rings (SSSR count). The predicted molar refractivity (Wildman–Crippen MR) is 109 cm³/mol. The molecule has 1 unspecified atom stereocenters. The molecule has 5 nitrogen and oxygen atoms in total. The molecule has 136 valence electrons. The Bertz CT molecular complexity index is 936. The van der Waals surface area contributed by atoms with Crippen molar-refractivity contribution in [2.75, 3.05) is 5.32 Å². The third-order valence-corrected chi connectivity index (χ3v) is 6.49. The van der Waals surface area contributed by atoms with E-state index in [1.165, 1.54) is 0 Å². The van der Waals surface area contributed by atoms with E-state index < -0.39 is 0 Å². The molecular weight excluding hydrogens is 438 g/mol. The molecule has 8 heteroatoms. The van der Waals surface area contributed by atoms with Crippen LogP contribution in [-0.4, -0.2) is 27.2 Å². The number of hydrogen-bond donors (Lipinski definition) is 2. The van der Waals surface area contributed by atoms with Gasteiger partial charge in [0.1, 0.15) is 16.7 Å². The van der Waals surface area contributed by atoms with Crippen LogP contribution in [0.2, 0.25) is 5.15 Å². The number of pyridine rings is 1. The minimum Gasteiger partial charge on any atom is -0.456 e. The van der Waals surface area contributed by atoms with Gasteiger partial charge >= 0.3 is 0 Å². The van der Waals surface area contributed by atoms with E-state index in [9.17, 15) is 5.11 Å². The van der Waals surface area contributed by atoms with Crippen molar-refractivity contribution in [3.8, 4) is 11.5 Å². The SMILES string of the molecule is O[C@@H]1CCCCC1Nc1nc2ccc(Oc3cnc(Cl)c(Br)c3)cc2s1. The molecule has 1 saturated carbocycles. The Kier molecular flexibility index (Phi) is 5.31. The zero-order chi connectivity index (χ0) is 18.1. The summed E-state index contributed by atoms with van der Waals surface area (Å²) in [7, 11) is 0. The van der Waals surface area contributed by atoms with Gasteiger partial charge < -0.3 is 15.2 Å². The number of aromatic nitrogens is 2. The first-order chi connectivity index (χ1) is 12.6. The van der Waals surface area contributed by atoms with Crippen molar-refractivity contribution in [3.05, 3.63) is 40.1 Å². The Morgan fingerprint density at radius 3 is 2.88 bits per heavy atom. The second-order valence-corrected chi connectivity index (χ2v) is 8.54. The largest absolute Gasteiger partial charge is 0.456 e. The third-order valence-electron chi connectivity index (χ3n) is 4.41. The molecule has 2 heterocycles. The fraction of sp³-hybridized carbons (Fsp3) is 0.333. The van der Waals surface area contributed by atoms with E-state index >= 15 is 0 Å². The third kappa shape index (κ3) is 3.96. The van der Waals surface area contributed by atoms with E-state index in [1.54, 1.807) is 23.6 Å². The summed E-state index contributed by atoms with van der Waals surface area (Å²) in [5.41, 5.74) is 0.908. The molecule has 26 heavy (non-hydrogen) atoms. The average molecular weight is 455 g/mol. The zero-order valence-electron chi connectivity index (χ0n) is 13.8. The molecule has 1 fully saturated rings. The van der Waals surface area contributed by atoms with Crippen LogP contribution in [-0.2, 0) is 0 Å². The molecule has 2 aromatic heterocycles. The molecule has 0 bridgehead atoms. The van der Waals surface area contributed by atoms with Crippen LogP contribution in [0.15, 0.2) is 34.9 Å². The van der Waals surface area contributed by atoms with E-state index in [4.69, 9.17) is 16.3 Å². The van der Waals surface area contributed by atoms with Gasteiger partial charge in [0.25, 0.3) is 0 Å². The number of aliphatic hydroxyl groups is 1. The molecular formula is C18H17BrClN3O2S. The van der Waals surface area contributed by atoms with Gasteiger partial charge in [0, 0.05) is 6.07 Å². The fourth-order valence-electron chi connectivity index (χ4n) is 3.06. The Labute approximate surface area is 168 Å². The first kappa shape index (κ1) is 18.0. The second-order valence-electron chi connectivity index (χ2n) is 6.30. The molecule has 1 aromatic carbocycles. The van der Waals surface area contributed by atoms with Gasteiger partial charge in [-0.1, -0.05) is 35.8 Å². The van der Waals surface area contributed by atoms with Gasteiger partial charge in [0.2, 0.25) is 0 Å². The van der Waals surface area contributed by atoms with Gasteiger partial charge in [-0.05, 0) is 47.0 Å². The van der Waals surface area contributed by atoms with Crippen LogP contribution in [0.4, 0.5) is 5.13 Å². The van der Waals surface area contributed by atoms with E-state index in [2.05, 4.69) is 31.2 Å². The molecule has 3 aromatic rings. The van der Waals surface area contributed by atoms with Crippen LogP contribution >= 0.6 is 38.9 Å². The molecule has 0 radical (unpaired) electrons. The average Bonchev–Trinajstić information content (AvgIpc) is 3.02. The standard InChI is InChI=1S/C18H17BrClN3O2S/c19-12-7-11(9-21-17(12)20)25-10-5-6-14-16(8-10)26-18(23-14)22-13-3-1-2-4-15(13)24/h5-9,13,15,24H,1-4H2,(H,22,23)/t13?,15-/m1/s1. The number of aliphatic hydroxyl groups excluding tert-OH is 1. The Morgan fingerprint density at radius 1 is 1.23 bits per heavy atom. The topological polar surface area (TPSA) is 67.3 Å². The highest BCUT2D eigenvalue weighted by Crippen LogP contribution is 2.33. The normalized spacial score (nSPS) is 20.3. The number of anilines is 1. The Balaban J connectivity index is 1.52. The van der Waals surface area contributed by atoms with Gasteiger partial charge in [-0.2, -0.15) is 0 Å². The van der Waals surface area contributed by atoms with Gasteiger partial charge in [0.05, 0.1) is 33.0 Å². The summed E-state index contributed by atoms with van der Waals surface area (Å²) < 4.78 is 7.58. The number of halogens is 2. The van der Waals surface area contributed by atoms with Crippen LogP contribution in [0.25, 0.3) is 10.2 Å². The van der Waals surface area contributed by atoms with Gasteiger partial charge in [0.15, 0.2) is 5.13 Å². The van der Waals surface area contributed by atoms with Crippen LogP contribution in [0, 0.1) is 0 Å².